The number of nitrogens with zero attached hydrogens (tertiary/aromatic N) is 2. The summed E-state index contributed by atoms with van der Waals surface area (Å²) in [6, 6.07) is 21.7. The molecule has 0 spiro atoms. The van der Waals surface area contributed by atoms with Gasteiger partial charge in [-0.05, 0) is 47.9 Å². The molecule has 0 radical (unpaired) electrons. The molecule has 150 valence electrons. The Morgan fingerprint density at radius 1 is 0.967 bits per heavy atom. The van der Waals surface area contributed by atoms with Gasteiger partial charge >= 0.3 is 0 Å². The van der Waals surface area contributed by atoms with Gasteiger partial charge in [0.2, 0.25) is 0 Å². The molecule has 4 heteroatoms. The maximum atomic E-state index is 9.57. The van der Waals surface area contributed by atoms with Gasteiger partial charge in [0.1, 0.15) is 0 Å². The van der Waals surface area contributed by atoms with Crippen LogP contribution in [0.25, 0.3) is 16.7 Å². The first kappa shape index (κ1) is 20.9. The van der Waals surface area contributed by atoms with Crippen molar-refractivity contribution in [1.29, 1.82) is 5.26 Å². The highest BCUT2D eigenvalue weighted by molar-refractivity contribution is 6.31. The van der Waals surface area contributed by atoms with Crippen LogP contribution in [-0.2, 0) is 0 Å². The number of rotatable bonds is 6. The summed E-state index contributed by atoms with van der Waals surface area (Å²) in [5.74, 6) is 1.31. The SMILES string of the molecule is C=C(C(=NC)c1ccc(C#N)c(-c2ccccc2)c1)c1cc(OC)c(OC)cc1C. The molecule has 30 heavy (non-hydrogen) atoms. The Balaban J connectivity index is 2.10. The van der Waals surface area contributed by atoms with Crippen molar-refractivity contribution >= 4 is 11.3 Å². The first-order chi connectivity index (χ1) is 14.5. The Bertz CT molecular complexity index is 1160. The molecule has 0 aliphatic carbocycles. The molecular weight excluding hydrogens is 372 g/mol. The number of allylic oxidation sites excluding steroid dienone is 1. The van der Waals surface area contributed by atoms with Crippen LogP contribution in [0.2, 0.25) is 0 Å². The number of benzene rings is 3. The number of aliphatic imine (C=N–C) groups is 1. The normalized spacial score (nSPS) is 11.0. The van der Waals surface area contributed by atoms with E-state index in [-0.39, 0.29) is 0 Å². The van der Waals surface area contributed by atoms with Crippen molar-refractivity contribution in [3.63, 3.8) is 0 Å². The lowest BCUT2D eigenvalue weighted by Gasteiger charge is -2.17. The van der Waals surface area contributed by atoms with Crippen molar-refractivity contribution in [1.82, 2.24) is 0 Å². The fourth-order valence-electron chi connectivity index (χ4n) is 3.52. The molecule has 0 aliphatic heterocycles. The molecule has 0 heterocycles. The van der Waals surface area contributed by atoms with Crippen LogP contribution in [0.4, 0.5) is 0 Å². The minimum absolute atomic E-state index is 0.619. The molecule has 3 aromatic rings. The standard InChI is InChI=1S/C26H24N2O2/c1-17-13-24(29-4)25(30-5)15-22(17)18(2)26(28-3)20-11-12-21(16-27)23(14-20)19-9-7-6-8-10-19/h6-15H,2H2,1,3-5H3. The molecule has 0 aliphatic rings. The van der Waals surface area contributed by atoms with E-state index < -0.39 is 0 Å². The molecule has 0 saturated carbocycles. The molecule has 0 unspecified atom stereocenters. The van der Waals surface area contributed by atoms with E-state index in [0.29, 0.717) is 17.1 Å². The summed E-state index contributed by atoms with van der Waals surface area (Å²) in [5.41, 5.74) is 6.84. The van der Waals surface area contributed by atoms with E-state index in [0.717, 1.165) is 39.1 Å². The molecule has 0 aromatic heterocycles. The van der Waals surface area contributed by atoms with E-state index in [2.05, 4.69) is 17.6 Å². The van der Waals surface area contributed by atoms with Crippen molar-refractivity contribution in [2.24, 2.45) is 4.99 Å². The Labute approximate surface area is 177 Å². The molecule has 0 bridgehead atoms. The Hall–Kier alpha value is -3.84. The third kappa shape index (κ3) is 3.97. The van der Waals surface area contributed by atoms with E-state index >= 15 is 0 Å². The topological polar surface area (TPSA) is 54.6 Å². The largest absolute Gasteiger partial charge is 0.493 e. The van der Waals surface area contributed by atoms with E-state index in [1.807, 2.05) is 67.6 Å². The maximum Gasteiger partial charge on any atom is 0.161 e. The highest BCUT2D eigenvalue weighted by atomic mass is 16.5. The van der Waals surface area contributed by atoms with Gasteiger partial charge in [0.15, 0.2) is 11.5 Å². The van der Waals surface area contributed by atoms with Gasteiger partial charge in [0, 0.05) is 23.7 Å². The van der Waals surface area contributed by atoms with Crippen molar-refractivity contribution in [3.8, 4) is 28.7 Å². The van der Waals surface area contributed by atoms with Crippen LogP contribution in [-0.4, -0.2) is 27.0 Å². The fraction of sp³-hybridized carbons (Fsp3) is 0.154. The van der Waals surface area contributed by atoms with Gasteiger partial charge in [-0.3, -0.25) is 4.99 Å². The van der Waals surface area contributed by atoms with Crippen molar-refractivity contribution < 1.29 is 9.47 Å². The van der Waals surface area contributed by atoms with Crippen molar-refractivity contribution in [3.05, 3.63) is 89.5 Å². The fourth-order valence-corrected chi connectivity index (χ4v) is 3.52. The summed E-state index contributed by atoms with van der Waals surface area (Å²) in [6.45, 7) is 6.32. The van der Waals surface area contributed by atoms with Crippen LogP contribution in [0.5, 0.6) is 11.5 Å². The first-order valence-electron chi connectivity index (χ1n) is 9.53. The number of hydrogen-bond donors (Lipinski definition) is 0. The van der Waals surface area contributed by atoms with E-state index in [1.165, 1.54) is 0 Å². The maximum absolute atomic E-state index is 9.57. The average molecular weight is 396 g/mol. The summed E-state index contributed by atoms with van der Waals surface area (Å²) in [7, 11) is 4.98. The molecule has 0 atom stereocenters. The third-order valence-electron chi connectivity index (χ3n) is 5.06. The lowest BCUT2D eigenvalue weighted by atomic mass is 9.90. The van der Waals surface area contributed by atoms with Gasteiger partial charge < -0.3 is 9.47 Å². The molecule has 0 N–H and O–H groups in total. The van der Waals surface area contributed by atoms with Crippen LogP contribution >= 0.6 is 0 Å². The van der Waals surface area contributed by atoms with E-state index in [9.17, 15) is 5.26 Å². The second-order valence-electron chi connectivity index (χ2n) is 6.81. The molecule has 0 saturated heterocycles. The molecule has 3 aromatic carbocycles. The zero-order valence-corrected chi connectivity index (χ0v) is 17.7. The molecule has 0 fully saturated rings. The summed E-state index contributed by atoms with van der Waals surface area (Å²) in [5, 5.41) is 9.57. The lowest BCUT2D eigenvalue weighted by Crippen LogP contribution is -2.06. The quantitative estimate of drug-likeness (QED) is 0.504. The molecule has 0 amide bonds. The van der Waals surface area contributed by atoms with Gasteiger partial charge in [0.05, 0.1) is 31.6 Å². The van der Waals surface area contributed by atoms with Crippen LogP contribution < -0.4 is 9.47 Å². The van der Waals surface area contributed by atoms with Crippen molar-refractivity contribution in [2.45, 2.75) is 6.92 Å². The minimum atomic E-state index is 0.619. The van der Waals surface area contributed by atoms with Gasteiger partial charge in [-0.2, -0.15) is 5.26 Å². The minimum Gasteiger partial charge on any atom is -0.493 e. The highest BCUT2D eigenvalue weighted by Gasteiger charge is 2.17. The number of methoxy groups -OCH3 is 2. The predicted molar refractivity (Wildman–Crippen MR) is 122 cm³/mol. The Morgan fingerprint density at radius 2 is 1.63 bits per heavy atom. The molecular formula is C26H24N2O2. The summed E-state index contributed by atoms with van der Waals surface area (Å²) >= 11 is 0. The lowest BCUT2D eigenvalue weighted by molar-refractivity contribution is 0.354. The van der Waals surface area contributed by atoms with Gasteiger partial charge in [-0.1, -0.05) is 43.0 Å². The second-order valence-corrected chi connectivity index (χ2v) is 6.81. The third-order valence-corrected chi connectivity index (χ3v) is 5.06. The number of hydrogen-bond acceptors (Lipinski definition) is 4. The summed E-state index contributed by atoms with van der Waals surface area (Å²) < 4.78 is 10.9. The zero-order chi connectivity index (χ0) is 21.7. The summed E-state index contributed by atoms with van der Waals surface area (Å²) in [6.07, 6.45) is 0. The summed E-state index contributed by atoms with van der Waals surface area (Å²) in [4.78, 5) is 4.53. The molecule has 3 rings (SSSR count). The van der Waals surface area contributed by atoms with Crippen LogP contribution in [0.1, 0.15) is 22.3 Å². The Kier molecular flexibility index (Phi) is 6.34. The number of ether oxygens (including phenoxy) is 2. The first-order valence-corrected chi connectivity index (χ1v) is 9.53. The highest BCUT2D eigenvalue weighted by Crippen LogP contribution is 2.34. The second kappa shape index (κ2) is 9.11. The van der Waals surface area contributed by atoms with Crippen molar-refractivity contribution in [2.75, 3.05) is 21.3 Å². The molecule has 4 nitrogen and oxygen atoms in total. The van der Waals surface area contributed by atoms with Gasteiger partial charge in [-0.25, -0.2) is 0 Å². The van der Waals surface area contributed by atoms with E-state index in [4.69, 9.17) is 9.47 Å². The van der Waals surface area contributed by atoms with Gasteiger partial charge in [-0.15, -0.1) is 0 Å². The monoisotopic (exact) mass is 396 g/mol. The smallest absolute Gasteiger partial charge is 0.161 e. The number of aryl methyl sites for hydroxylation is 1. The number of nitriles is 1. The Morgan fingerprint density at radius 3 is 2.23 bits per heavy atom. The van der Waals surface area contributed by atoms with Crippen LogP contribution in [0.15, 0.2) is 72.2 Å². The predicted octanol–water partition coefficient (Wildman–Crippen LogP) is 5.68. The van der Waals surface area contributed by atoms with E-state index in [1.54, 1.807) is 21.3 Å². The zero-order valence-electron chi connectivity index (χ0n) is 17.7. The van der Waals surface area contributed by atoms with Crippen LogP contribution in [0, 0.1) is 18.3 Å². The van der Waals surface area contributed by atoms with Gasteiger partial charge in [0.25, 0.3) is 0 Å². The average Bonchev–Trinajstić information content (AvgIpc) is 2.79. The van der Waals surface area contributed by atoms with Crippen LogP contribution in [0.3, 0.4) is 0 Å².